The standard InChI is InChI=1S/C78H102N4O8/c1-3-5-7-9-11-13-15-17-21-27-33-63-59-79-75(80-60-63)65-35-43-69(44-36-65)85-55-29-23-19-25-31-57-87-71-47-39-67(40-48-71)77(83)89-73-51-53-74(54-52-73)90-78(84)68-41-49-72(50-42-68)88-58-32-26-20-24-30-56-86-70-45-37-66(38-46-70)76-81-61-64(62-82-76)34-28-22-18-16-14-12-10-8-6-4-2/h35-54,59-62H,3-34,55-58H2,1-2H3. The normalized spacial score (nSPS) is 11.1. The summed E-state index contributed by atoms with van der Waals surface area (Å²) in [7, 11) is 0. The Bertz CT molecular complexity index is 2790. The number of unbranched alkanes of at least 4 members (excludes halogenated alkanes) is 26. The molecule has 5 aromatic carbocycles. The first-order valence-corrected chi connectivity index (χ1v) is 34.5. The summed E-state index contributed by atoms with van der Waals surface area (Å²) in [5.41, 5.74) is 5.21. The molecule has 12 nitrogen and oxygen atoms in total. The number of rotatable bonds is 48. The fraction of sp³-hybridized carbons (Fsp3) is 0.487. The van der Waals surface area contributed by atoms with Crippen LogP contribution in [0.15, 0.2) is 146 Å². The Kier molecular flexibility index (Phi) is 33.5. The van der Waals surface area contributed by atoms with Gasteiger partial charge in [-0.3, -0.25) is 0 Å². The Hall–Kier alpha value is -7.60. The molecule has 2 aromatic heterocycles. The van der Waals surface area contributed by atoms with Crippen molar-refractivity contribution < 1.29 is 38.0 Å². The van der Waals surface area contributed by atoms with Crippen LogP contribution in [0, 0.1) is 0 Å². The second-order valence-corrected chi connectivity index (χ2v) is 24.0. The maximum absolute atomic E-state index is 12.9. The van der Waals surface area contributed by atoms with Crippen LogP contribution in [0.4, 0.5) is 0 Å². The Morgan fingerprint density at radius 2 is 0.511 bits per heavy atom. The molecule has 0 radical (unpaired) electrons. The molecule has 0 fully saturated rings. The highest BCUT2D eigenvalue weighted by Crippen LogP contribution is 2.25. The summed E-state index contributed by atoms with van der Waals surface area (Å²) < 4.78 is 35.1. The lowest BCUT2D eigenvalue weighted by atomic mass is 10.0. The van der Waals surface area contributed by atoms with Gasteiger partial charge in [-0.05, 0) is 184 Å². The van der Waals surface area contributed by atoms with E-state index in [2.05, 4.69) is 33.8 Å². The molecular weight excluding hydrogens is 1120 g/mol. The molecule has 0 aliphatic rings. The predicted octanol–water partition coefficient (Wildman–Crippen LogP) is 20.8. The van der Waals surface area contributed by atoms with E-state index in [-0.39, 0.29) is 0 Å². The van der Waals surface area contributed by atoms with Crippen LogP contribution >= 0.6 is 0 Å². The number of carbonyl (C=O) groups excluding carboxylic acids is 2. The van der Waals surface area contributed by atoms with E-state index in [0.717, 1.165) is 111 Å². The number of ether oxygens (including phenoxy) is 6. The summed E-state index contributed by atoms with van der Waals surface area (Å²) >= 11 is 0. The van der Waals surface area contributed by atoms with E-state index < -0.39 is 11.9 Å². The zero-order valence-electron chi connectivity index (χ0n) is 54.4. The van der Waals surface area contributed by atoms with Crippen molar-refractivity contribution in [1.29, 1.82) is 0 Å². The molecular formula is C78H102N4O8. The monoisotopic (exact) mass is 1220 g/mol. The van der Waals surface area contributed by atoms with Crippen molar-refractivity contribution >= 4 is 11.9 Å². The van der Waals surface area contributed by atoms with E-state index in [1.165, 1.54) is 140 Å². The van der Waals surface area contributed by atoms with E-state index in [1.54, 1.807) is 72.8 Å². The molecule has 482 valence electrons. The minimum atomic E-state index is -0.499. The molecule has 7 aromatic rings. The highest BCUT2D eigenvalue weighted by atomic mass is 16.5. The summed E-state index contributed by atoms with van der Waals surface area (Å²) in [4.78, 5) is 44.4. The molecule has 0 unspecified atom stereocenters. The van der Waals surface area contributed by atoms with Crippen LogP contribution in [0.5, 0.6) is 34.5 Å². The average Bonchev–Trinajstić information content (AvgIpc) is 3.76. The first-order valence-electron chi connectivity index (χ1n) is 34.5. The molecule has 0 aliphatic carbocycles. The van der Waals surface area contributed by atoms with Crippen LogP contribution < -0.4 is 28.4 Å². The minimum absolute atomic E-state index is 0.331. The van der Waals surface area contributed by atoms with Gasteiger partial charge in [0.15, 0.2) is 11.6 Å². The van der Waals surface area contributed by atoms with Gasteiger partial charge < -0.3 is 28.4 Å². The molecule has 7 rings (SSSR count). The topological polar surface area (TPSA) is 141 Å². The van der Waals surface area contributed by atoms with Crippen LogP contribution in [0.25, 0.3) is 22.8 Å². The average molecular weight is 1220 g/mol. The van der Waals surface area contributed by atoms with Gasteiger partial charge in [-0.2, -0.15) is 0 Å². The van der Waals surface area contributed by atoms with Gasteiger partial charge in [-0.1, -0.05) is 168 Å². The van der Waals surface area contributed by atoms with E-state index in [0.29, 0.717) is 60.6 Å². The summed E-state index contributed by atoms with van der Waals surface area (Å²) in [5.74, 6) is 4.27. The molecule has 12 heteroatoms. The van der Waals surface area contributed by atoms with Crippen LogP contribution in [-0.4, -0.2) is 58.3 Å². The smallest absolute Gasteiger partial charge is 0.343 e. The zero-order valence-corrected chi connectivity index (χ0v) is 54.4. The predicted molar refractivity (Wildman–Crippen MR) is 363 cm³/mol. The Morgan fingerprint density at radius 1 is 0.278 bits per heavy atom. The number of aromatic nitrogens is 4. The maximum Gasteiger partial charge on any atom is 0.343 e. The number of aryl methyl sites for hydroxylation is 2. The van der Waals surface area contributed by atoms with Crippen LogP contribution in [0.2, 0.25) is 0 Å². The van der Waals surface area contributed by atoms with Gasteiger partial charge in [-0.15, -0.1) is 0 Å². The lowest BCUT2D eigenvalue weighted by molar-refractivity contribution is 0.0719. The minimum Gasteiger partial charge on any atom is -0.494 e. The summed E-state index contributed by atoms with van der Waals surface area (Å²) in [6.45, 7) is 7.09. The van der Waals surface area contributed by atoms with Gasteiger partial charge in [0.25, 0.3) is 0 Å². The number of hydrogen-bond acceptors (Lipinski definition) is 12. The third kappa shape index (κ3) is 28.1. The van der Waals surface area contributed by atoms with Gasteiger partial charge in [0.2, 0.25) is 0 Å². The Labute approximate surface area is 538 Å². The van der Waals surface area contributed by atoms with E-state index in [1.807, 2.05) is 73.3 Å². The zero-order chi connectivity index (χ0) is 62.7. The first kappa shape index (κ1) is 69.9. The summed E-state index contributed by atoms with van der Waals surface area (Å²) in [6, 6.07) is 36.4. The summed E-state index contributed by atoms with van der Waals surface area (Å²) in [5, 5.41) is 0. The fourth-order valence-corrected chi connectivity index (χ4v) is 10.8. The van der Waals surface area contributed by atoms with Crippen LogP contribution in [0.1, 0.15) is 238 Å². The van der Waals surface area contributed by atoms with Gasteiger partial charge in [0.1, 0.15) is 34.5 Å². The van der Waals surface area contributed by atoms with Gasteiger partial charge in [0.05, 0.1) is 37.6 Å². The number of benzene rings is 5. The number of carbonyl (C=O) groups is 2. The highest BCUT2D eigenvalue weighted by molar-refractivity contribution is 5.92. The largest absolute Gasteiger partial charge is 0.494 e. The summed E-state index contributed by atoms with van der Waals surface area (Å²) in [6.07, 6.45) is 47.2. The van der Waals surface area contributed by atoms with Crippen molar-refractivity contribution in [3.05, 3.63) is 168 Å². The van der Waals surface area contributed by atoms with Crippen molar-refractivity contribution in [3.8, 4) is 57.3 Å². The fourth-order valence-electron chi connectivity index (χ4n) is 10.8. The third-order valence-electron chi connectivity index (χ3n) is 16.4. The lowest BCUT2D eigenvalue weighted by Crippen LogP contribution is -2.09. The van der Waals surface area contributed by atoms with Crippen LogP contribution in [0.3, 0.4) is 0 Å². The van der Waals surface area contributed by atoms with Crippen molar-refractivity contribution in [3.63, 3.8) is 0 Å². The second-order valence-electron chi connectivity index (χ2n) is 24.0. The second kappa shape index (κ2) is 43.2. The highest BCUT2D eigenvalue weighted by Gasteiger charge is 2.13. The molecule has 0 atom stereocenters. The molecule has 0 saturated carbocycles. The lowest BCUT2D eigenvalue weighted by Gasteiger charge is -2.09. The quantitative estimate of drug-likeness (QED) is 0.0204. The van der Waals surface area contributed by atoms with Crippen molar-refractivity contribution in [2.45, 2.75) is 219 Å². The SMILES string of the molecule is CCCCCCCCCCCCc1cnc(-c2ccc(OCCCCCCCOc3ccc(C(=O)Oc4ccc(OC(=O)c5ccc(OCCCCCCCOc6ccc(-c7ncc(CCCCCCCCCCCC)cn7)cc6)cc5)cc4)cc3)cc2)nc1. The molecule has 0 amide bonds. The van der Waals surface area contributed by atoms with E-state index >= 15 is 0 Å². The number of nitrogens with zero attached hydrogens (tertiary/aromatic N) is 4. The maximum atomic E-state index is 12.9. The molecule has 2 heterocycles. The number of esters is 2. The molecule has 0 spiro atoms. The molecule has 90 heavy (non-hydrogen) atoms. The third-order valence-corrected chi connectivity index (χ3v) is 16.4. The van der Waals surface area contributed by atoms with Crippen molar-refractivity contribution in [2.75, 3.05) is 26.4 Å². The van der Waals surface area contributed by atoms with Gasteiger partial charge in [0, 0.05) is 35.9 Å². The first-order chi connectivity index (χ1) is 44.4. The molecule has 0 aliphatic heterocycles. The molecule has 0 saturated heterocycles. The van der Waals surface area contributed by atoms with E-state index in [4.69, 9.17) is 28.4 Å². The Balaban J connectivity index is 0.653. The van der Waals surface area contributed by atoms with Crippen LogP contribution in [-0.2, 0) is 12.8 Å². The van der Waals surface area contributed by atoms with Gasteiger partial charge in [-0.25, -0.2) is 29.5 Å². The Morgan fingerprint density at radius 3 is 0.789 bits per heavy atom. The van der Waals surface area contributed by atoms with E-state index in [9.17, 15) is 9.59 Å². The number of hydrogen-bond donors (Lipinski definition) is 0. The molecule has 0 bridgehead atoms. The van der Waals surface area contributed by atoms with Crippen molar-refractivity contribution in [2.24, 2.45) is 0 Å². The van der Waals surface area contributed by atoms with Gasteiger partial charge >= 0.3 is 11.9 Å². The molecule has 0 N–H and O–H groups in total. The van der Waals surface area contributed by atoms with Crippen molar-refractivity contribution in [1.82, 2.24) is 19.9 Å².